The molecule has 1 atom stereocenters. The van der Waals surface area contributed by atoms with Crippen LogP contribution < -0.4 is 5.32 Å². The van der Waals surface area contributed by atoms with Crippen LogP contribution in [0.3, 0.4) is 0 Å². The van der Waals surface area contributed by atoms with Gasteiger partial charge in [-0.15, -0.1) is 0 Å². The molecule has 1 N–H and O–H groups in total. The third-order valence-corrected chi connectivity index (χ3v) is 4.45. The Morgan fingerprint density at radius 2 is 2.00 bits per heavy atom. The van der Waals surface area contributed by atoms with E-state index < -0.39 is 12.1 Å². The lowest BCUT2D eigenvalue weighted by Crippen LogP contribution is -2.35. The highest BCUT2D eigenvalue weighted by Gasteiger charge is 2.17. The number of amides is 1. The summed E-state index contributed by atoms with van der Waals surface area (Å²) >= 11 is 0. The van der Waals surface area contributed by atoms with Gasteiger partial charge in [-0.25, -0.2) is 9.48 Å². The monoisotopic (exact) mass is 386 g/mol. The smallest absolute Gasteiger partial charge is 0.331 e. The number of aryl methyl sites for hydroxylation is 1. The molecule has 0 bridgehead atoms. The Labute approximate surface area is 166 Å². The van der Waals surface area contributed by atoms with Crippen LogP contribution in [-0.2, 0) is 14.3 Å². The van der Waals surface area contributed by atoms with Gasteiger partial charge in [-0.05, 0) is 58.7 Å². The maximum atomic E-state index is 12.1. The highest BCUT2D eigenvalue weighted by molar-refractivity contribution is 5.90. The van der Waals surface area contributed by atoms with E-state index in [0.717, 1.165) is 29.2 Å². The quantitative estimate of drug-likeness (QED) is 0.557. The predicted molar refractivity (Wildman–Crippen MR) is 109 cm³/mol. The minimum atomic E-state index is -0.823. The Kier molecular flexibility index (Phi) is 7.20. The number of nitrogens with zero attached hydrogens (tertiary/aromatic N) is 3. The first-order valence-electron chi connectivity index (χ1n) is 9.65. The average molecular weight is 386 g/mol. The van der Waals surface area contributed by atoms with Crippen molar-refractivity contribution in [2.45, 2.75) is 60.1 Å². The molecule has 0 radical (unpaired) electrons. The normalized spacial score (nSPS) is 12.5. The summed E-state index contributed by atoms with van der Waals surface area (Å²) in [5.74, 6) is 0.147. The van der Waals surface area contributed by atoms with E-state index in [1.807, 2.05) is 37.6 Å². The summed E-state index contributed by atoms with van der Waals surface area (Å²) in [6, 6.07) is 4.22. The Bertz CT molecular complexity index is 861. The van der Waals surface area contributed by atoms with Gasteiger partial charge in [0.05, 0.1) is 6.20 Å². The molecule has 7 heteroatoms. The van der Waals surface area contributed by atoms with Crippen molar-refractivity contribution in [2.75, 3.05) is 6.54 Å². The van der Waals surface area contributed by atoms with Gasteiger partial charge in [-0.1, -0.05) is 6.92 Å². The van der Waals surface area contributed by atoms with Gasteiger partial charge < -0.3 is 14.6 Å². The van der Waals surface area contributed by atoms with E-state index >= 15 is 0 Å². The second kappa shape index (κ2) is 9.39. The molecule has 0 spiro atoms. The minimum Gasteiger partial charge on any atom is -0.449 e. The maximum absolute atomic E-state index is 12.1. The number of carbonyl (C=O) groups is 2. The van der Waals surface area contributed by atoms with E-state index in [9.17, 15) is 9.59 Å². The topological polar surface area (TPSA) is 78.2 Å². The second-order valence-electron chi connectivity index (χ2n) is 7.09. The third-order valence-electron chi connectivity index (χ3n) is 4.45. The Hall–Kier alpha value is -2.83. The van der Waals surface area contributed by atoms with Gasteiger partial charge in [0.15, 0.2) is 6.10 Å². The number of hydrogen-bond acceptors (Lipinski definition) is 4. The van der Waals surface area contributed by atoms with Gasteiger partial charge in [0.2, 0.25) is 0 Å². The number of carbonyl (C=O) groups excluding carboxylic acids is 2. The van der Waals surface area contributed by atoms with E-state index in [0.29, 0.717) is 6.54 Å². The zero-order chi connectivity index (χ0) is 20.8. The molecule has 0 saturated carbocycles. The summed E-state index contributed by atoms with van der Waals surface area (Å²) in [7, 11) is 0. The van der Waals surface area contributed by atoms with Crippen molar-refractivity contribution in [3.63, 3.8) is 0 Å². The van der Waals surface area contributed by atoms with Crippen LogP contribution >= 0.6 is 0 Å². The molecule has 2 aromatic heterocycles. The van der Waals surface area contributed by atoms with Crippen molar-refractivity contribution < 1.29 is 14.3 Å². The van der Waals surface area contributed by atoms with E-state index in [2.05, 4.69) is 28.8 Å². The molecule has 1 amide bonds. The summed E-state index contributed by atoms with van der Waals surface area (Å²) in [5, 5.41) is 7.10. The molecule has 2 rings (SSSR count). The molecule has 28 heavy (non-hydrogen) atoms. The first-order valence-corrected chi connectivity index (χ1v) is 9.65. The van der Waals surface area contributed by atoms with Gasteiger partial charge in [0.25, 0.3) is 5.91 Å². The Balaban J connectivity index is 2.14. The lowest BCUT2D eigenvalue weighted by molar-refractivity contribution is -0.150. The summed E-state index contributed by atoms with van der Waals surface area (Å²) in [6.07, 6.45) is 4.86. The molecule has 2 heterocycles. The van der Waals surface area contributed by atoms with E-state index in [1.54, 1.807) is 19.2 Å². The van der Waals surface area contributed by atoms with Gasteiger partial charge in [-0.3, -0.25) is 4.79 Å². The highest BCUT2D eigenvalue weighted by atomic mass is 16.5. The summed E-state index contributed by atoms with van der Waals surface area (Å²) in [6.45, 7) is 12.3. The fraction of sp³-hybridized carbons (Fsp3) is 0.476. The van der Waals surface area contributed by atoms with Crippen molar-refractivity contribution in [1.82, 2.24) is 19.7 Å². The fourth-order valence-electron chi connectivity index (χ4n) is 3.01. The molecule has 152 valence electrons. The van der Waals surface area contributed by atoms with E-state index in [1.165, 1.54) is 6.08 Å². The molecule has 0 unspecified atom stereocenters. The van der Waals surface area contributed by atoms with Gasteiger partial charge in [0.1, 0.15) is 5.82 Å². The number of nitrogens with one attached hydrogen (secondary N) is 1. The van der Waals surface area contributed by atoms with Crippen LogP contribution in [0.4, 0.5) is 0 Å². The van der Waals surface area contributed by atoms with Crippen LogP contribution in [0.5, 0.6) is 0 Å². The van der Waals surface area contributed by atoms with Crippen LogP contribution in [-0.4, -0.2) is 38.9 Å². The van der Waals surface area contributed by atoms with Gasteiger partial charge in [0, 0.05) is 36.1 Å². The van der Waals surface area contributed by atoms with Crippen LogP contribution in [0, 0.1) is 13.8 Å². The Morgan fingerprint density at radius 3 is 2.64 bits per heavy atom. The number of ether oxygens (including phenoxy) is 1. The molecule has 0 aliphatic carbocycles. The van der Waals surface area contributed by atoms with E-state index in [4.69, 9.17) is 4.74 Å². The van der Waals surface area contributed by atoms with Crippen molar-refractivity contribution >= 4 is 18.0 Å². The average Bonchev–Trinajstić information content (AvgIpc) is 3.22. The summed E-state index contributed by atoms with van der Waals surface area (Å²) in [4.78, 5) is 23.9. The highest BCUT2D eigenvalue weighted by Crippen LogP contribution is 2.23. The number of rotatable bonds is 8. The molecular formula is C21H30N4O3. The van der Waals surface area contributed by atoms with Crippen LogP contribution in [0.25, 0.3) is 11.9 Å². The molecule has 0 aliphatic heterocycles. The minimum absolute atomic E-state index is 0.237. The lowest BCUT2D eigenvalue weighted by atomic mass is 10.2. The van der Waals surface area contributed by atoms with Crippen LogP contribution in [0.15, 0.2) is 24.4 Å². The predicted octanol–water partition coefficient (Wildman–Crippen LogP) is 3.34. The zero-order valence-corrected chi connectivity index (χ0v) is 17.5. The fourth-order valence-corrected chi connectivity index (χ4v) is 3.01. The van der Waals surface area contributed by atoms with E-state index in [-0.39, 0.29) is 11.9 Å². The number of aromatic nitrogens is 3. The molecule has 0 saturated heterocycles. The van der Waals surface area contributed by atoms with Crippen molar-refractivity contribution in [3.8, 4) is 5.82 Å². The summed E-state index contributed by atoms with van der Waals surface area (Å²) in [5.41, 5.74) is 2.95. The SMILES string of the molecule is CCCNC(=O)[C@H](C)OC(=O)/C=C/c1cc(C)n(-c2ccnn2C(C)C)c1C. The molecular weight excluding hydrogens is 356 g/mol. The molecule has 0 fully saturated rings. The molecule has 2 aromatic rings. The van der Waals surface area contributed by atoms with Crippen LogP contribution in [0.2, 0.25) is 0 Å². The van der Waals surface area contributed by atoms with Crippen LogP contribution in [0.1, 0.15) is 57.1 Å². The first-order chi connectivity index (χ1) is 13.3. The molecule has 7 nitrogen and oxygen atoms in total. The maximum Gasteiger partial charge on any atom is 0.331 e. The second-order valence-corrected chi connectivity index (χ2v) is 7.09. The summed E-state index contributed by atoms with van der Waals surface area (Å²) < 4.78 is 9.24. The zero-order valence-electron chi connectivity index (χ0n) is 17.5. The molecule has 0 aliphatic rings. The largest absolute Gasteiger partial charge is 0.449 e. The number of hydrogen-bond donors (Lipinski definition) is 1. The van der Waals surface area contributed by atoms with Crippen molar-refractivity contribution in [1.29, 1.82) is 0 Å². The van der Waals surface area contributed by atoms with Gasteiger partial charge >= 0.3 is 5.97 Å². The van der Waals surface area contributed by atoms with Crippen molar-refractivity contribution in [3.05, 3.63) is 41.4 Å². The lowest BCUT2D eigenvalue weighted by Gasteiger charge is -2.15. The van der Waals surface area contributed by atoms with Gasteiger partial charge in [-0.2, -0.15) is 5.10 Å². The first kappa shape index (κ1) is 21.5. The molecule has 0 aromatic carbocycles. The number of esters is 1. The third kappa shape index (κ3) is 4.91. The Morgan fingerprint density at radius 1 is 1.29 bits per heavy atom. The van der Waals surface area contributed by atoms with Crippen molar-refractivity contribution in [2.24, 2.45) is 0 Å². The standard InChI is InChI=1S/C21H30N4O3/c1-7-11-22-21(27)17(6)28-20(26)9-8-18-13-15(4)24(16(18)5)19-10-12-23-25(19)14(2)3/h8-10,12-14,17H,7,11H2,1-6H3,(H,22,27)/b9-8+/t17-/m0/s1.